The third-order valence-corrected chi connectivity index (χ3v) is 4.14. The summed E-state index contributed by atoms with van der Waals surface area (Å²) in [7, 11) is 0. The van der Waals surface area contributed by atoms with E-state index in [0.29, 0.717) is 11.3 Å². The van der Waals surface area contributed by atoms with E-state index in [0.717, 1.165) is 11.1 Å². The van der Waals surface area contributed by atoms with Crippen LogP contribution in [-0.2, 0) is 5.41 Å². The number of hydrogen-bond acceptors (Lipinski definition) is 2. The van der Waals surface area contributed by atoms with Crippen molar-refractivity contribution in [2.75, 3.05) is 0 Å². The molecule has 0 spiro atoms. The number of hydrogen-bond donors (Lipinski definition) is 0. The Balaban J connectivity index is 2.05. The van der Waals surface area contributed by atoms with Crippen molar-refractivity contribution in [1.82, 2.24) is 0 Å². The summed E-state index contributed by atoms with van der Waals surface area (Å²) in [6, 6.07) is 25.1. The SMILES string of the molecule is CC(C)(C)c1ccc(C(=O)Oc2ccccc2)c(-c2ccccc2)c1. The molecule has 2 nitrogen and oxygen atoms in total. The van der Waals surface area contributed by atoms with E-state index in [1.54, 1.807) is 12.1 Å². The van der Waals surface area contributed by atoms with Gasteiger partial charge < -0.3 is 4.74 Å². The van der Waals surface area contributed by atoms with Crippen LogP contribution in [0.3, 0.4) is 0 Å². The zero-order valence-electron chi connectivity index (χ0n) is 14.8. The summed E-state index contributed by atoms with van der Waals surface area (Å²) in [4.78, 5) is 12.7. The molecule has 3 aromatic rings. The van der Waals surface area contributed by atoms with Crippen molar-refractivity contribution in [1.29, 1.82) is 0 Å². The van der Waals surface area contributed by atoms with Crippen molar-refractivity contribution >= 4 is 5.97 Å². The number of esters is 1. The highest BCUT2D eigenvalue weighted by Crippen LogP contribution is 2.31. The van der Waals surface area contributed by atoms with Crippen LogP contribution in [0.25, 0.3) is 11.1 Å². The lowest BCUT2D eigenvalue weighted by Gasteiger charge is -2.21. The summed E-state index contributed by atoms with van der Waals surface area (Å²) in [5.74, 6) is 0.205. The molecule has 3 rings (SSSR count). The second-order valence-electron chi connectivity index (χ2n) is 7.08. The maximum atomic E-state index is 12.7. The Hall–Kier alpha value is -2.87. The number of para-hydroxylation sites is 1. The minimum Gasteiger partial charge on any atom is -0.423 e. The van der Waals surface area contributed by atoms with Gasteiger partial charge in [0.2, 0.25) is 0 Å². The minimum atomic E-state index is -0.342. The molecule has 0 radical (unpaired) electrons. The third kappa shape index (κ3) is 3.97. The maximum absolute atomic E-state index is 12.7. The van der Waals surface area contributed by atoms with Gasteiger partial charge >= 0.3 is 5.97 Å². The van der Waals surface area contributed by atoms with E-state index < -0.39 is 0 Å². The van der Waals surface area contributed by atoms with Gasteiger partial charge in [0.1, 0.15) is 5.75 Å². The Morgan fingerprint density at radius 1 is 0.800 bits per heavy atom. The molecule has 0 fully saturated rings. The molecule has 0 N–H and O–H groups in total. The maximum Gasteiger partial charge on any atom is 0.344 e. The monoisotopic (exact) mass is 330 g/mol. The number of carbonyl (C=O) groups excluding carboxylic acids is 1. The highest BCUT2D eigenvalue weighted by molar-refractivity contribution is 5.98. The van der Waals surface area contributed by atoms with Crippen LogP contribution >= 0.6 is 0 Å². The van der Waals surface area contributed by atoms with E-state index in [1.807, 2.05) is 60.7 Å². The van der Waals surface area contributed by atoms with Gasteiger partial charge in [-0.25, -0.2) is 4.79 Å². The lowest BCUT2D eigenvalue weighted by atomic mass is 9.84. The average molecular weight is 330 g/mol. The van der Waals surface area contributed by atoms with E-state index in [2.05, 4.69) is 26.8 Å². The van der Waals surface area contributed by atoms with Gasteiger partial charge in [-0.15, -0.1) is 0 Å². The number of benzene rings is 3. The highest BCUT2D eigenvalue weighted by atomic mass is 16.5. The van der Waals surface area contributed by atoms with Gasteiger partial charge in [-0.05, 0) is 46.4 Å². The first-order chi connectivity index (χ1) is 11.9. The number of rotatable bonds is 3. The van der Waals surface area contributed by atoms with Crippen molar-refractivity contribution in [3.05, 3.63) is 90.0 Å². The van der Waals surface area contributed by atoms with Crippen molar-refractivity contribution in [3.63, 3.8) is 0 Å². The Morgan fingerprint density at radius 2 is 1.40 bits per heavy atom. The average Bonchev–Trinajstić information content (AvgIpc) is 2.62. The Morgan fingerprint density at radius 3 is 2.00 bits per heavy atom. The van der Waals surface area contributed by atoms with E-state index in [4.69, 9.17) is 4.74 Å². The fourth-order valence-corrected chi connectivity index (χ4v) is 2.70. The first-order valence-corrected chi connectivity index (χ1v) is 8.42. The standard InChI is InChI=1S/C23H22O2/c1-23(2,3)18-14-15-20(21(16-18)17-10-6-4-7-11-17)22(24)25-19-12-8-5-9-13-19/h4-16H,1-3H3. The Kier molecular flexibility index (Phi) is 4.71. The van der Waals surface area contributed by atoms with Gasteiger partial charge in [0.25, 0.3) is 0 Å². The van der Waals surface area contributed by atoms with Gasteiger partial charge in [-0.3, -0.25) is 0 Å². The molecule has 0 saturated heterocycles. The summed E-state index contributed by atoms with van der Waals surface area (Å²) < 4.78 is 5.55. The second-order valence-corrected chi connectivity index (χ2v) is 7.08. The van der Waals surface area contributed by atoms with Crippen LogP contribution in [0.2, 0.25) is 0 Å². The van der Waals surface area contributed by atoms with Crippen molar-refractivity contribution in [2.24, 2.45) is 0 Å². The van der Waals surface area contributed by atoms with E-state index in [-0.39, 0.29) is 11.4 Å². The molecule has 0 heterocycles. The van der Waals surface area contributed by atoms with Crippen LogP contribution in [0.5, 0.6) is 5.75 Å². The van der Waals surface area contributed by atoms with Crippen molar-refractivity contribution in [3.8, 4) is 16.9 Å². The third-order valence-electron chi connectivity index (χ3n) is 4.14. The van der Waals surface area contributed by atoms with Crippen LogP contribution in [0.4, 0.5) is 0 Å². The predicted molar refractivity (Wildman–Crippen MR) is 102 cm³/mol. The summed E-state index contributed by atoms with van der Waals surface area (Å²) >= 11 is 0. The minimum absolute atomic E-state index is 0.00535. The summed E-state index contributed by atoms with van der Waals surface area (Å²) in [6.07, 6.45) is 0. The molecule has 0 aromatic heterocycles. The zero-order valence-corrected chi connectivity index (χ0v) is 14.8. The predicted octanol–water partition coefficient (Wildman–Crippen LogP) is 5.87. The van der Waals surface area contributed by atoms with E-state index in [9.17, 15) is 4.79 Å². The first-order valence-electron chi connectivity index (χ1n) is 8.42. The topological polar surface area (TPSA) is 26.3 Å². The smallest absolute Gasteiger partial charge is 0.344 e. The highest BCUT2D eigenvalue weighted by Gasteiger charge is 2.20. The molecule has 0 unspecified atom stereocenters. The molecule has 2 heteroatoms. The fourth-order valence-electron chi connectivity index (χ4n) is 2.70. The Bertz CT molecular complexity index is 860. The van der Waals surface area contributed by atoms with Gasteiger partial charge in [0.05, 0.1) is 5.56 Å². The molecule has 0 atom stereocenters. The molecule has 0 aliphatic carbocycles. The molecular weight excluding hydrogens is 308 g/mol. The molecule has 0 amide bonds. The number of carbonyl (C=O) groups is 1. The van der Waals surface area contributed by atoms with Crippen molar-refractivity contribution in [2.45, 2.75) is 26.2 Å². The summed E-state index contributed by atoms with van der Waals surface area (Å²) in [5, 5.41) is 0. The summed E-state index contributed by atoms with van der Waals surface area (Å²) in [5.41, 5.74) is 3.67. The molecule has 126 valence electrons. The van der Waals surface area contributed by atoms with Crippen molar-refractivity contribution < 1.29 is 9.53 Å². The quantitative estimate of drug-likeness (QED) is 0.443. The first kappa shape index (κ1) is 17.0. The summed E-state index contributed by atoms with van der Waals surface area (Å²) in [6.45, 7) is 6.50. The van der Waals surface area contributed by atoms with E-state index in [1.165, 1.54) is 5.56 Å². The second kappa shape index (κ2) is 6.94. The van der Waals surface area contributed by atoms with Crippen LogP contribution in [0.15, 0.2) is 78.9 Å². The normalized spacial score (nSPS) is 11.2. The fraction of sp³-hybridized carbons (Fsp3) is 0.174. The van der Waals surface area contributed by atoms with Crippen LogP contribution in [0, 0.1) is 0 Å². The largest absolute Gasteiger partial charge is 0.423 e. The number of ether oxygens (including phenoxy) is 1. The van der Waals surface area contributed by atoms with Crippen LogP contribution in [0.1, 0.15) is 36.7 Å². The van der Waals surface area contributed by atoms with Gasteiger partial charge in [-0.1, -0.05) is 75.4 Å². The molecule has 0 aliphatic heterocycles. The Labute approximate surface area is 149 Å². The van der Waals surface area contributed by atoms with Crippen LogP contribution in [-0.4, -0.2) is 5.97 Å². The zero-order chi connectivity index (χ0) is 17.9. The van der Waals surface area contributed by atoms with Gasteiger partial charge in [0, 0.05) is 0 Å². The van der Waals surface area contributed by atoms with E-state index >= 15 is 0 Å². The lowest BCUT2D eigenvalue weighted by Crippen LogP contribution is -2.14. The van der Waals surface area contributed by atoms with Gasteiger partial charge in [-0.2, -0.15) is 0 Å². The lowest BCUT2D eigenvalue weighted by molar-refractivity contribution is 0.0735. The van der Waals surface area contributed by atoms with Gasteiger partial charge in [0.15, 0.2) is 0 Å². The molecule has 0 saturated carbocycles. The molecule has 0 aliphatic rings. The van der Waals surface area contributed by atoms with Crippen LogP contribution < -0.4 is 4.74 Å². The molecular formula is C23H22O2. The molecule has 0 bridgehead atoms. The molecule has 3 aromatic carbocycles. The molecule has 25 heavy (non-hydrogen) atoms.